The van der Waals surface area contributed by atoms with Gasteiger partial charge >= 0.3 is 0 Å². The topological polar surface area (TPSA) is 17.1 Å². The molecule has 4 rings (SSSR count). The van der Waals surface area contributed by atoms with E-state index in [0.717, 1.165) is 30.1 Å². The first-order chi connectivity index (χ1) is 11.4. The lowest BCUT2D eigenvalue weighted by Gasteiger charge is -2.61. The Hall–Kier alpha value is -0.770. The highest BCUT2D eigenvalue weighted by Gasteiger charge is 2.60. The standard InChI is InChI=1S/C23H34O/c1-5-16-10-12-22(3)17(14-16)6-7-18-20-9-8-19(15(2)24)23(20,4)13-11-21(18)22/h1,16-21H,6-14H2,2-4H3/t16-,17+,18+,19-,20+,21+,22+,23-/m1/s1. The van der Waals surface area contributed by atoms with Crippen LogP contribution in [-0.2, 0) is 4.79 Å². The van der Waals surface area contributed by atoms with Gasteiger partial charge in [-0.2, -0.15) is 0 Å². The number of rotatable bonds is 1. The van der Waals surface area contributed by atoms with Crippen LogP contribution in [0.25, 0.3) is 0 Å². The number of terminal acetylenes is 1. The maximum Gasteiger partial charge on any atom is 0.133 e. The summed E-state index contributed by atoms with van der Waals surface area (Å²) in [7, 11) is 0. The molecule has 0 heterocycles. The van der Waals surface area contributed by atoms with Gasteiger partial charge in [0.15, 0.2) is 0 Å². The fraction of sp³-hybridized carbons (Fsp3) is 0.870. The molecule has 4 aliphatic carbocycles. The molecule has 0 aromatic rings. The summed E-state index contributed by atoms with van der Waals surface area (Å²) in [5.74, 6) is 7.78. The Labute approximate surface area is 148 Å². The summed E-state index contributed by atoms with van der Waals surface area (Å²) in [6, 6.07) is 0. The number of hydrogen-bond acceptors (Lipinski definition) is 1. The Balaban J connectivity index is 1.60. The molecule has 8 atom stereocenters. The number of Topliss-reactive ketones (excluding diaryl/α,β-unsaturated/α-hetero) is 1. The minimum atomic E-state index is 0.298. The minimum absolute atomic E-state index is 0.298. The van der Waals surface area contributed by atoms with Crippen LogP contribution in [0.1, 0.15) is 78.6 Å². The molecule has 0 saturated heterocycles. The van der Waals surface area contributed by atoms with Crippen molar-refractivity contribution in [2.75, 3.05) is 0 Å². The molecular weight excluding hydrogens is 292 g/mol. The van der Waals surface area contributed by atoms with Crippen molar-refractivity contribution in [1.29, 1.82) is 0 Å². The number of carbonyl (C=O) groups excluding carboxylic acids is 1. The van der Waals surface area contributed by atoms with Crippen molar-refractivity contribution in [3.8, 4) is 12.3 Å². The van der Waals surface area contributed by atoms with Gasteiger partial charge in [0.25, 0.3) is 0 Å². The highest BCUT2D eigenvalue weighted by molar-refractivity contribution is 5.79. The van der Waals surface area contributed by atoms with Crippen molar-refractivity contribution in [2.24, 2.45) is 46.3 Å². The van der Waals surface area contributed by atoms with E-state index in [-0.39, 0.29) is 0 Å². The summed E-state index contributed by atoms with van der Waals surface area (Å²) in [4.78, 5) is 12.2. The van der Waals surface area contributed by atoms with Gasteiger partial charge in [0.1, 0.15) is 5.78 Å². The molecule has 0 bridgehead atoms. The molecule has 24 heavy (non-hydrogen) atoms. The van der Waals surface area contributed by atoms with Crippen molar-refractivity contribution in [3.05, 3.63) is 0 Å². The smallest absolute Gasteiger partial charge is 0.133 e. The Bertz CT molecular complexity index is 571. The van der Waals surface area contributed by atoms with E-state index >= 15 is 0 Å². The quantitative estimate of drug-likeness (QED) is 0.583. The number of fused-ring (bicyclic) bond motifs is 5. The number of hydrogen-bond donors (Lipinski definition) is 0. The lowest BCUT2D eigenvalue weighted by atomic mass is 9.44. The van der Waals surface area contributed by atoms with Crippen LogP contribution in [0.2, 0.25) is 0 Å². The van der Waals surface area contributed by atoms with Gasteiger partial charge in [-0.25, -0.2) is 0 Å². The highest BCUT2D eigenvalue weighted by Crippen LogP contribution is 2.67. The fourth-order valence-electron chi connectivity index (χ4n) is 8.08. The van der Waals surface area contributed by atoms with Gasteiger partial charge in [0.2, 0.25) is 0 Å². The Morgan fingerprint density at radius 2 is 1.67 bits per heavy atom. The Morgan fingerprint density at radius 1 is 0.958 bits per heavy atom. The van der Waals surface area contributed by atoms with Crippen LogP contribution in [-0.4, -0.2) is 5.78 Å². The van der Waals surface area contributed by atoms with Crippen molar-refractivity contribution in [2.45, 2.75) is 78.6 Å². The summed E-state index contributed by atoms with van der Waals surface area (Å²) in [6.07, 6.45) is 17.5. The second-order valence-electron chi connectivity index (χ2n) is 10.1. The fourth-order valence-corrected chi connectivity index (χ4v) is 8.08. The maximum atomic E-state index is 12.2. The van der Waals surface area contributed by atoms with E-state index in [1.807, 2.05) is 6.92 Å². The van der Waals surface area contributed by atoms with Gasteiger partial charge in [0.05, 0.1) is 0 Å². The molecule has 0 aliphatic heterocycles. The molecule has 0 N–H and O–H groups in total. The third-order valence-corrected chi connectivity index (χ3v) is 9.39. The SMILES string of the molecule is C#C[C@@H]1CC[C@@]2(C)[C@@H](CC[C@@H]3[C@@H]2CC[C@]2(C)[C@@H](C(C)=O)CC[C@@H]32)C1. The van der Waals surface area contributed by atoms with E-state index in [9.17, 15) is 4.79 Å². The summed E-state index contributed by atoms with van der Waals surface area (Å²) in [5.41, 5.74) is 0.818. The lowest BCUT2D eigenvalue weighted by Crippen LogP contribution is -2.53. The molecule has 0 radical (unpaired) electrons. The maximum absolute atomic E-state index is 12.2. The molecule has 4 aliphatic rings. The lowest BCUT2D eigenvalue weighted by molar-refractivity contribution is -0.134. The zero-order valence-corrected chi connectivity index (χ0v) is 15.8. The number of carbonyl (C=O) groups is 1. The van der Waals surface area contributed by atoms with Gasteiger partial charge in [0, 0.05) is 11.8 Å². The van der Waals surface area contributed by atoms with E-state index in [4.69, 9.17) is 6.42 Å². The summed E-state index contributed by atoms with van der Waals surface area (Å²) in [5, 5.41) is 0. The third kappa shape index (κ3) is 2.17. The molecular formula is C23H34O. The van der Waals surface area contributed by atoms with E-state index in [1.54, 1.807) is 0 Å². The molecule has 0 unspecified atom stereocenters. The van der Waals surface area contributed by atoms with Crippen LogP contribution in [0.5, 0.6) is 0 Å². The molecule has 132 valence electrons. The predicted octanol–water partition coefficient (Wildman–Crippen LogP) is 5.48. The van der Waals surface area contributed by atoms with E-state index in [2.05, 4.69) is 19.8 Å². The summed E-state index contributed by atoms with van der Waals surface area (Å²) in [6.45, 7) is 6.89. The average molecular weight is 327 g/mol. The van der Waals surface area contributed by atoms with Crippen LogP contribution in [0.3, 0.4) is 0 Å². The zero-order chi connectivity index (χ0) is 17.1. The predicted molar refractivity (Wildman–Crippen MR) is 98.2 cm³/mol. The van der Waals surface area contributed by atoms with Gasteiger partial charge in [-0.1, -0.05) is 13.8 Å². The molecule has 4 saturated carbocycles. The van der Waals surface area contributed by atoms with Crippen molar-refractivity contribution in [3.63, 3.8) is 0 Å². The summed E-state index contributed by atoms with van der Waals surface area (Å²) < 4.78 is 0. The van der Waals surface area contributed by atoms with E-state index in [0.29, 0.717) is 28.4 Å². The summed E-state index contributed by atoms with van der Waals surface area (Å²) >= 11 is 0. The van der Waals surface area contributed by atoms with E-state index in [1.165, 1.54) is 51.4 Å². The molecule has 4 fully saturated rings. The minimum Gasteiger partial charge on any atom is -0.300 e. The first-order valence-electron chi connectivity index (χ1n) is 10.4. The van der Waals surface area contributed by atoms with Crippen molar-refractivity contribution in [1.82, 2.24) is 0 Å². The van der Waals surface area contributed by atoms with Gasteiger partial charge in [-0.3, -0.25) is 4.79 Å². The average Bonchev–Trinajstić information content (AvgIpc) is 2.91. The third-order valence-electron chi connectivity index (χ3n) is 9.39. The molecule has 0 aromatic heterocycles. The normalized spacial score (nSPS) is 53.4. The van der Waals surface area contributed by atoms with Crippen molar-refractivity contribution >= 4 is 5.78 Å². The van der Waals surface area contributed by atoms with Gasteiger partial charge in [-0.05, 0) is 99.2 Å². The largest absolute Gasteiger partial charge is 0.300 e. The molecule has 1 heteroatoms. The van der Waals surface area contributed by atoms with Crippen LogP contribution in [0, 0.1) is 58.7 Å². The Morgan fingerprint density at radius 3 is 2.38 bits per heavy atom. The molecule has 0 aromatic carbocycles. The second kappa shape index (κ2) is 5.62. The molecule has 0 spiro atoms. The first kappa shape index (κ1) is 16.7. The van der Waals surface area contributed by atoms with Crippen LogP contribution < -0.4 is 0 Å². The van der Waals surface area contributed by atoms with Gasteiger partial charge in [-0.15, -0.1) is 12.3 Å². The van der Waals surface area contributed by atoms with Crippen LogP contribution in [0.4, 0.5) is 0 Å². The zero-order valence-electron chi connectivity index (χ0n) is 15.8. The molecule has 0 amide bonds. The van der Waals surface area contributed by atoms with Crippen LogP contribution >= 0.6 is 0 Å². The number of ketones is 1. The second-order valence-corrected chi connectivity index (χ2v) is 10.1. The Kier molecular flexibility index (Phi) is 3.91. The van der Waals surface area contributed by atoms with Gasteiger partial charge < -0.3 is 0 Å². The first-order valence-corrected chi connectivity index (χ1v) is 10.4. The van der Waals surface area contributed by atoms with E-state index < -0.39 is 0 Å². The van der Waals surface area contributed by atoms with Crippen molar-refractivity contribution < 1.29 is 4.79 Å². The van der Waals surface area contributed by atoms with Crippen LogP contribution in [0.15, 0.2) is 0 Å². The highest BCUT2D eigenvalue weighted by atomic mass is 16.1. The molecule has 1 nitrogen and oxygen atoms in total. The monoisotopic (exact) mass is 326 g/mol.